The third-order valence-electron chi connectivity index (χ3n) is 3.20. The van der Waals surface area contributed by atoms with Gasteiger partial charge in [0.05, 0.1) is 5.69 Å². The number of nitrogens with zero attached hydrogens (tertiary/aromatic N) is 2. The molecule has 102 valence electrons. The van der Waals surface area contributed by atoms with Crippen LogP contribution >= 0.6 is 23.2 Å². The molecule has 19 heavy (non-hydrogen) atoms. The molecule has 0 saturated carbocycles. The Morgan fingerprint density at radius 3 is 2.68 bits per heavy atom. The number of halogens is 2. The first-order valence-electron chi connectivity index (χ1n) is 6.16. The lowest BCUT2D eigenvalue weighted by atomic mass is 10.1. The molecule has 1 atom stereocenters. The third-order valence-corrected chi connectivity index (χ3v) is 3.91. The Morgan fingerprint density at radius 2 is 2.11 bits per heavy atom. The van der Waals surface area contributed by atoms with Crippen molar-refractivity contribution >= 4 is 23.2 Å². The van der Waals surface area contributed by atoms with Gasteiger partial charge < -0.3 is 5.32 Å². The van der Waals surface area contributed by atoms with Gasteiger partial charge in [0.1, 0.15) is 5.15 Å². The van der Waals surface area contributed by atoms with Gasteiger partial charge in [-0.15, -0.1) is 0 Å². The summed E-state index contributed by atoms with van der Waals surface area (Å²) in [6, 6.07) is 8.06. The summed E-state index contributed by atoms with van der Waals surface area (Å²) in [6.45, 7) is 4.75. The van der Waals surface area contributed by atoms with Gasteiger partial charge in [-0.3, -0.25) is 4.68 Å². The highest BCUT2D eigenvalue weighted by molar-refractivity contribution is 6.30. The highest BCUT2D eigenvalue weighted by Gasteiger charge is 2.12. The van der Waals surface area contributed by atoms with Crippen LogP contribution in [0.2, 0.25) is 10.2 Å². The predicted octanol–water partition coefficient (Wildman–Crippen LogP) is 3.89. The summed E-state index contributed by atoms with van der Waals surface area (Å²) >= 11 is 12.2. The highest BCUT2D eigenvalue weighted by Crippen LogP contribution is 2.21. The van der Waals surface area contributed by atoms with Gasteiger partial charge in [-0.1, -0.05) is 35.3 Å². The smallest absolute Gasteiger partial charge is 0.131 e. The molecule has 0 aliphatic carbocycles. The third kappa shape index (κ3) is 3.30. The molecule has 0 aliphatic rings. The van der Waals surface area contributed by atoms with Crippen molar-refractivity contribution in [1.29, 1.82) is 0 Å². The van der Waals surface area contributed by atoms with Crippen molar-refractivity contribution < 1.29 is 0 Å². The minimum absolute atomic E-state index is 0.203. The SMILES string of the molecule is Cc1nn(C)c(Cl)c1CNC(C)c1cccc(Cl)c1. The number of aromatic nitrogens is 2. The predicted molar refractivity (Wildman–Crippen MR) is 79.7 cm³/mol. The number of hydrogen-bond acceptors (Lipinski definition) is 2. The lowest BCUT2D eigenvalue weighted by Crippen LogP contribution is -2.18. The molecule has 0 aliphatic heterocycles. The summed E-state index contributed by atoms with van der Waals surface area (Å²) in [5, 5.41) is 9.18. The summed E-state index contributed by atoms with van der Waals surface area (Å²) in [4.78, 5) is 0. The van der Waals surface area contributed by atoms with Crippen LogP contribution in [0.25, 0.3) is 0 Å². The lowest BCUT2D eigenvalue weighted by molar-refractivity contribution is 0.573. The van der Waals surface area contributed by atoms with Crippen molar-refractivity contribution in [3.63, 3.8) is 0 Å². The molecule has 0 bridgehead atoms. The van der Waals surface area contributed by atoms with Crippen molar-refractivity contribution in [3.8, 4) is 0 Å². The van der Waals surface area contributed by atoms with Gasteiger partial charge >= 0.3 is 0 Å². The topological polar surface area (TPSA) is 29.9 Å². The van der Waals surface area contributed by atoms with E-state index in [0.717, 1.165) is 21.8 Å². The van der Waals surface area contributed by atoms with Crippen LogP contribution in [0.1, 0.15) is 29.8 Å². The highest BCUT2D eigenvalue weighted by atomic mass is 35.5. The quantitative estimate of drug-likeness (QED) is 0.928. The molecule has 2 aromatic rings. The maximum absolute atomic E-state index is 6.21. The van der Waals surface area contributed by atoms with Crippen molar-refractivity contribution in [2.24, 2.45) is 7.05 Å². The van der Waals surface area contributed by atoms with E-state index in [1.165, 1.54) is 0 Å². The van der Waals surface area contributed by atoms with Crippen LogP contribution < -0.4 is 5.32 Å². The number of benzene rings is 1. The zero-order chi connectivity index (χ0) is 14.0. The van der Waals surface area contributed by atoms with Gasteiger partial charge in [0.25, 0.3) is 0 Å². The molecule has 0 saturated heterocycles. The molecular weight excluding hydrogens is 281 g/mol. The Morgan fingerprint density at radius 1 is 1.37 bits per heavy atom. The van der Waals surface area contributed by atoms with E-state index >= 15 is 0 Å². The summed E-state index contributed by atoms with van der Waals surface area (Å²) in [5.74, 6) is 0. The average molecular weight is 298 g/mol. The van der Waals surface area contributed by atoms with E-state index in [-0.39, 0.29) is 6.04 Å². The average Bonchev–Trinajstić information content (AvgIpc) is 2.61. The summed E-state index contributed by atoms with van der Waals surface area (Å²) in [5.41, 5.74) is 3.15. The normalized spacial score (nSPS) is 12.7. The van der Waals surface area contributed by atoms with E-state index < -0.39 is 0 Å². The molecular formula is C14H17Cl2N3. The molecule has 2 rings (SSSR count). The Labute approximate surface area is 123 Å². The van der Waals surface area contributed by atoms with Crippen LogP contribution in [0.15, 0.2) is 24.3 Å². The molecule has 0 spiro atoms. The van der Waals surface area contributed by atoms with Crippen LogP contribution in [-0.2, 0) is 13.6 Å². The molecule has 5 heteroatoms. The summed E-state index contributed by atoms with van der Waals surface area (Å²) in [7, 11) is 1.85. The number of hydrogen-bond donors (Lipinski definition) is 1. The number of aryl methyl sites for hydroxylation is 2. The van der Waals surface area contributed by atoms with Crippen LogP contribution in [0, 0.1) is 6.92 Å². The molecule has 0 radical (unpaired) electrons. The van der Waals surface area contributed by atoms with Crippen LogP contribution in [0.3, 0.4) is 0 Å². The lowest BCUT2D eigenvalue weighted by Gasteiger charge is -2.14. The molecule has 0 amide bonds. The second kappa shape index (κ2) is 5.95. The number of rotatable bonds is 4. The zero-order valence-electron chi connectivity index (χ0n) is 11.2. The van der Waals surface area contributed by atoms with Gasteiger partial charge in [-0.25, -0.2) is 0 Å². The van der Waals surface area contributed by atoms with Crippen LogP contribution in [0.5, 0.6) is 0 Å². The van der Waals surface area contributed by atoms with Crippen molar-refractivity contribution in [2.75, 3.05) is 0 Å². The van der Waals surface area contributed by atoms with Crippen molar-refractivity contribution in [3.05, 3.63) is 51.3 Å². The Hall–Kier alpha value is -1.03. The fourth-order valence-electron chi connectivity index (χ4n) is 2.02. The van der Waals surface area contributed by atoms with E-state index in [0.29, 0.717) is 11.7 Å². The second-order valence-corrected chi connectivity index (χ2v) is 5.43. The molecule has 3 nitrogen and oxygen atoms in total. The molecule has 1 N–H and O–H groups in total. The largest absolute Gasteiger partial charge is 0.306 e. The molecule has 1 aromatic heterocycles. The molecule has 1 heterocycles. The molecule has 1 unspecified atom stereocenters. The molecule has 1 aromatic carbocycles. The fraction of sp³-hybridized carbons (Fsp3) is 0.357. The van der Waals surface area contributed by atoms with E-state index in [9.17, 15) is 0 Å². The van der Waals surface area contributed by atoms with Crippen molar-refractivity contribution in [1.82, 2.24) is 15.1 Å². The van der Waals surface area contributed by atoms with Gasteiger partial charge in [-0.05, 0) is 31.5 Å². The van der Waals surface area contributed by atoms with Gasteiger partial charge in [-0.2, -0.15) is 5.10 Å². The first kappa shape index (κ1) is 14.4. The summed E-state index contributed by atoms with van der Waals surface area (Å²) < 4.78 is 1.69. The van der Waals surface area contributed by atoms with Gasteiger partial charge in [0.2, 0.25) is 0 Å². The standard InChI is InChI=1S/C14H17Cl2N3/c1-9(11-5-4-6-12(15)7-11)17-8-13-10(2)18-19(3)14(13)16/h4-7,9,17H,8H2,1-3H3. The second-order valence-electron chi connectivity index (χ2n) is 4.64. The van der Waals surface area contributed by atoms with E-state index in [2.05, 4.69) is 23.4 Å². The van der Waals surface area contributed by atoms with Crippen LogP contribution in [-0.4, -0.2) is 9.78 Å². The minimum Gasteiger partial charge on any atom is -0.306 e. The van der Waals surface area contributed by atoms with Crippen LogP contribution in [0.4, 0.5) is 0 Å². The first-order chi connectivity index (χ1) is 8.99. The number of nitrogens with one attached hydrogen (secondary N) is 1. The first-order valence-corrected chi connectivity index (χ1v) is 6.91. The Bertz CT molecular complexity index is 578. The maximum Gasteiger partial charge on any atom is 0.131 e. The van der Waals surface area contributed by atoms with Gasteiger partial charge in [0.15, 0.2) is 0 Å². The van der Waals surface area contributed by atoms with Crippen molar-refractivity contribution in [2.45, 2.75) is 26.4 Å². The zero-order valence-corrected chi connectivity index (χ0v) is 12.8. The molecule has 0 fully saturated rings. The van der Waals surface area contributed by atoms with E-state index in [1.54, 1.807) is 4.68 Å². The Kier molecular flexibility index (Phi) is 4.50. The van der Waals surface area contributed by atoms with E-state index in [4.69, 9.17) is 23.2 Å². The summed E-state index contributed by atoms with van der Waals surface area (Å²) in [6.07, 6.45) is 0. The maximum atomic E-state index is 6.21. The minimum atomic E-state index is 0.203. The monoisotopic (exact) mass is 297 g/mol. The fourth-order valence-corrected chi connectivity index (χ4v) is 2.46. The van der Waals surface area contributed by atoms with E-state index in [1.807, 2.05) is 32.2 Å². The Balaban J connectivity index is 2.06. The van der Waals surface area contributed by atoms with Gasteiger partial charge in [0, 0.05) is 30.2 Å².